The molecule has 3 rings (SSSR count). The summed E-state index contributed by atoms with van der Waals surface area (Å²) in [6.45, 7) is 2.08. The number of nitrogens with zero attached hydrogens (tertiary/aromatic N) is 3. The van der Waals surface area contributed by atoms with Crippen LogP contribution >= 0.6 is 22.7 Å². The maximum Gasteiger partial charge on any atom is 0.232 e. The first-order valence-electron chi connectivity index (χ1n) is 7.56. The van der Waals surface area contributed by atoms with Crippen LogP contribution in [0.25, 0.3) is 10.6 Å². The lowest BCUT2D eigenvalue weighted by atomic mass is 10.2. The zero-order chi connectivity index (χ0) is 16.9. The molecule has 1 amide bonds. The summed E-state index contributed by atoms with van der Waals surface area (Å²) < 4.78 is 0. The van der Waals surface area contributed by atoms with Crippen molar-refractivity contribution >= 4 is 39.4 Å². The highest BCUT2D eigenvalue weighted by Crippen LogP contribution is 2.25. The van der Waals surface area contributed by atoms with Crippen molar-refractivity contribution in [1.29, 1.82) is 0 Å². The molecule has 2 aromatic heterocycles. The molecule has 0 saturated carbocycles. The van der Waals surface area contributed by atoms with Crippen LogP contribution in [-0.4, -0.2) is 21.1 Å². The topological polar surface area (TPSA) is 93.8 Å². The molecule has 2 heterocycles. The van der Waals surface area contributed by atoms with Gasteiger partial charge in [0.15, 0.2) is 0 Å². The Hall–Kier alpha value is -2.32. The number of carbonyl (C=O) groups excluding carboxylic acids is 1. The molecule has 0 saturated heterocycles. The minimum absolute atomic E-state index is 0.136. The molecule has 124 valence electrons. The summed E-state index contributed by atoms with van der Waals surface area (Å²) in [6, 6.07) is 7.53. The molecule has 0 atom stereocenters. The quantitative estimate of drug-likeness (QED) is 0.658. The summed E-state index contributed by atoms with van der Waals surface area (Å²) in [6.07, 6.45) is 2.11. The molecule has 0 bridgehead atoms. The van der Waals surface area contributed by atoms with Crippen LogP contribution in [0, 0.1) is 0 Å². The Morgan fingerprint density at radius 1 is 1.25 bits per heavy atom. The summed E-state index contributed by atoms with van der Waals surface area (Å²) in [5, 5.41) is 15.1. The fourth-order valence-electron chi connectivity index (χ4n) is 2.09. The fourth-order valence-corrected chi connectivity index (χ4v) is 3.78. The van der Waals surface area contributed by atoms with Crippen LogP contribution in [0.5, 0.6) is 0 Å². The van der Waals surface area contributed by atoms with Crippen LogP contribution in [-0.2, 0) is 17.6 Å². The maximum absolute atomic E-state index is 12.1. The van der Waals surface area contributed by atoms with Crippen molar-refractivity contribution in [2.45, 2.75) is 26.2 Å². The number of aryl methyl sites for hydroxylation is 1. The number of thiazole rings is 1. The lowest BCUT2D eigenvalue weighted by Crippen LogP contribution is -2.14. The first-order chi connectivity index (χ1) is 11.6. The van der Waals surface area contributed by atoms with Crippen molar-refractivity contribution in [3.05, 3.63) is 40.3 Å². The number of hydrogen-bond donors (Lipinski definition) is 2. The van der Waals surface area contributed by atoms with Gasteiger partial charge < -0.3 is 11.1 Å². The van der Waals surface area contributed by atoms with Crippen LogP contribution in [0.15, 0.2) is 29.6 Å². The zero-order valence-electron chi connectivity index (χ0n) is 13.2. The molecular formula is C16H17N5OS2. The van der Waals surface area contributed by atoms with Crippen molar-refractivity contribution in [2.24, 2.45) is 0 Å². The fraction of sp³-hybridized carbons (Fsp3) is 0.250. The SMILES string of the molecule is CCCc1nnc(NC(=O)Cc2csc(-c3ccc(N)cc3)n2)s1. The van der Waals surface area contributed by atoms with Crippen LogP contribution in [0.4, 0.5) is 10.8 Å². The van der Waals surface area contributed by atoms with Crippen molar-refractivity contribution < 1.29 is 4.79 Å². The summed E-state index contributed by atoms with van der Waals surface area (Å²) in [4.78, 5) is 16.6. The van der Waals surface area contributed by atoms with Gasteiger partial charge in [-0.15, -0.1) is 21.5 Å². The molecule has 3 aromatic rings. The van der Waals surface area contributed by atoms with E-state index in [1.54, 1.807) is 0 Å². The summed E-state index contributed by atoms with van der Waals surface area (Å²) in [5.41, 5.74) is 8.14. The van der Waals surface area contributed by atoms with E-state index < -0.39 is 0 Å². The van der Waals surface area contributed by atoms with Gasteiger partial charge in [-0.05, 0) is 30.7 Å². The first-order valence-corrected chi connectivity index (χ1v) is 9.26. The molecule has 6 nitrogen and oxygen atoms in total. The van der Waals surface area contributed by atoms with E-state index in [0.29, 0.717) is 5.13 Å². The van der Waals surface area contributed by atoms with Gasteiger partial charge >= 0.3 is 0 Å². The molecular weight excluding hydrogens is 342 g/mol. The van der Waals surface area contributed by atoms with Gasteiger partial charge in [0.25, 0.3) is 0 Å². The molecule has 0 aliphatic heterocycles. The second-order valence-corrected chi connectivity index (χ2v) is 7.16. The minimum Gasteiger partial charge on any atom is -0.399 e. The van der Waals surface area contributed by atoms with E-state index >= 15 is 0 Å². The number of benzene rings is 1. The first kappa shape index (κ1) is 16.5. The molecule has 0 aliphatic rings. The summed E-state index contributed by atoms with van der Waals surface area (Å²) >= 11 is 2.93. The average molecular weight is 359 g/mol. The predicted molar refractivity (Wildman–Crippen MR) is 98.2 cm³/mol. The molecule has 3 N–H and O–H groups in total. The highest BCUT2D eigenvalue weighted by atomic mass is 32.1. The Bertz CT molecular complexity index is 825. The molecule has 24 heavy (non-hydrogen) atoms. The van der Waals surface area contributed by atoms with Crippen LogP contribution in [0.1, 0.15) is 24.0 Å². The second kappa shape index (κ2) is 7.50. The second-order valence-electron chi connectivity index (χ2n) is 5.24. The third kappa shape index (κ3) is 4.15. The summed E-state index contributed by atoms with van der Waals surface area (Å²) in [5.74, 6) is -0.136. The number of nitrogens with two attached hydrogens (primary N) is 1. The van der Waals surface area contributed by atoms with Crippen LogP contribution in [0.2, 0.25) is 0 Å². The molecule has 0 aliphatic carbocycles. The van der Waals surface area contributed by atoms with Gasteiger partial charge in [-0.25, -0.2) is 4.98 Å². The van der Waals surface area contributed by atoms with Gasteiger partial charge in [0.2, 0.25) is 11.0 Å². The predicted octanol–water partition coefficient (Wildman–Crippen LogP) is 3.38. The molecule has 0 spiro atoms. The van der Waals surface area contributed by atoms with E-state index in [9.17, 15) is 4.79 Å². The van der Waals surface area contributed by atoms with Crippen molar-refractivity contribution in [1.82, 2.24) is 15.2 Å². The monoisotopic (exact) mass is 359 g/mol. The average Bonchev–Trinajstić information content (AvgIpc) is 3.18. The van der Waals surface area contributed by atoms with Crippen LogP contribution < -0.4 is 11.1 Å². The maximum atomic E-state index is 12.1. The third-order valence-corrected chi connectivity index (χ3v) is 5.07. The number of hydrogen-bond acceptors (Lipinski definition) is 7. The lowest BCUT2D eigenvalue weighted by Gasteiger charge is -1.99. The Morgan fingerprint density at radius 3 is 2.79 bits per heavy atom. The van der Waals surface area contributed by atoms with Crippen LogP contribution in [0.3, 0.4) is 0 Å². The minimum atomic E-state index is -0.136. The van der Waals surface area contributed by atoms with Crippen molar-refractivity contribution in [2.75, 3.05) is 11.1 Å². The number of amides is 1. The standard InChI is InChI=1S/C16H17N5OS2/c1-2-3-14-20-21-16(24-14)19-13(22)8-12-9-23-15(18-12)10-4-6-11(17)7-5-10/h4-7,9H,2-3,8,17H2,1H3,(H,19,21,22). The molecule has 0 fully saturated rings. The number of carbonyl (C=O) groups is 1. The van der Waals surface area contributed by atoms with E-state index in [4.69, 9.17) is 5.73 Å². The van der Waals surface area contributed by atoms with Gasteiger partial charge in [0.05, 0.1) is 12.1 Å². The number of aromatic nitrogens is 3. The number of anilines is 2. The highest BCUT2D eigenvalue weighted by Gasteiger charge is 2.11. The van der Waals surface area contributed by atoms with E-state index in [0.717, 1.165) is 39.8 Å². The van der Waals surface area contributed by atoms with Gasteiger partial charge in [0.1, 0.15) is 10.0 Å². The van der Waals surface area contributed by atoms with Gasteiger partial charge in [0, 0.05) is 23.1 Å². The smallest absolute Gasteiger partial charge is 0.232 e. The van der Waals surface area contributed by atoms with Gasteiger partial charge in [-0.3, -0.25) is 4.79 Å². The van der Waals surface area contributed by atoms with Crippen molar-refractivity contribution in [3.8, 4) is 10.6 Å². The van der Waals surface area contributed by atoms with Gasteiger partial charge in [-0.1, -0.05) is 18.3 Å². The molecule has 0 radical (unpaired) electrons. The number of nitrogens with one attached hydrogen (secondary N) is 1. The zero-order valence-corrected chi connectivity index (χ0v) is 14.8. The lowest BCUT2D eigenvalue weighted by molar-refractivity contribution is -0.115. The highest BCUT2D eigenvalue weighted by molar-refractivity contribution is 7.15. The van der Waals surface area contributed by atoms with Crippen molar-refractivity contribution in [3.63, 3.8) is 0 Å². The largest absolute Gasteiger partial charge is 0.399 e. The van der Waals surface area contributed by atoms with E-state index in [2.05, 4.69) is 27.4 Å². The normalized spacial score (nSPS) is 10.7. The molecule has 1 aromatic carbocycles. The molecule has 0 unspecified atom stereocenters. The number of rotatable bonds is 6. The number of nitrogen functional groups attached to an aromatic ring is 1. The van der Waals surface area contributed by atoms with E-state index in [1.807, 2.05) is 29.6 Å². The Kier molecular flexibility index (Phi) is 5.17. The Morgan fingerprint density at radius 2 is 2.04 bits per heavy atom. The van der Waals surface area contributed by atoms with Gasteiger partial charge in [-0.2, -0.15) is 0 Å². The summed E-state index contributed by atoms with van der Waals surface area (Å²) in [7, 11) is 0. The third-order valence-electron chi connectivity index (χ3n) is 3.23. The van der Waals surface area contributed by atoms with E-state index in [1.165, 1.54) is 22.7 Å². The Labute approximate surface area is 147 Å². The Balaban J connectivity index is 1.61. The van der Waals surface area contributed by atoms with E-state index in [-0.39, 0.29) is 12.3 Å². The molecule has 8 heteroatoms.